The van der Waals surface area contributed by atoms with Gasteiger partial charge in [-0.25, -0.2) is 4.98 Å². The maximum absolute atomic E-state index is 13.3. The van der Waals surface area contributed by atoms with Crippen LogP contribution in [0, 0.1) is 0 Å². The van der Waals surface area contributed by atoms with Crippen LogP contribution in [0.25, 0.3) is 5.76 Å². The monoisotopic (exact) mass is 523 g/mol. The third-order valence-corrected chi connectivity index (χ3v) is 6.33. The predicted molar refractivity (Wildman–Crippen MR) is 141 cm³/mol. The van der Waals surface area contributed by atoms with Crippen molar-refractivity contribution in [2.24, 2.45) is 0 Å². The molecule has 1 atom stereocenters. The molecule has 4 rings (SSSR count). The van der Waals surface area contributed by atoms with Gasteiger partial charge in [0.25, 0.3) is 11.7 Å². The standard InChI is InChI=1S/C28H30ClN3O5/c1-3-16-37-22-11-8-20(17-23(22)36-4-2)25-24(26(33)19-6-9-21(29)10-7-19)27(34)28(35)32(25)14-5-13-31-15-12-30-18-31/h6-12,15,17-18,25,33H,3-5,13-14,16H2,1-2H3. The van der Waals surface area contributed by atoms with E-state index >= 15 is 0 Å². The number of carbonyl (C=O) groups excluding carboxylic acids is 2. The molecular formula is C28H30ClN3O5. The molecule has 2 aromatic carbocycles. The van der Waals surface area contributed by atoms with Gasteiger partial charge in [0, 0.05) is 36.1 Å². The fourth-order valence-electron chi connectivity index (χ4n) is 4.36. The van der Waals surface area contributed by atoms with Crippen molar-refractivity contribution in [3.8, 4) is 11.5 Å². The molecular weight excluding hydrogens is 494 g/mol. The van der Waals surface area contributed by atoms with Crippen LogP contribution in [0.15, 0.2) is 66.8 Å². The molecule has 0 radical (unpaired) electrons. The lowest BCUT2D eigenvalue weighted by Crippen LogP contribution is -2.31. The highest BCUT2D eigenvalue weighted by molar-refractivity contribution is 6.46. The molecule has 194 valence electrons. The Hall–Kier alpha value is -3.78. The predicted octanol–water partition coefficient (Wildman–Crippen LogP) is 5.24. The molecule has 2 heterocycles. The van der Waals surface area contributed by atoms with E-state index in [1.54, 1.807) is 48.9 Å². The number of ether oxygens (including phenoxy) is 2. The lowest BCUT2D eigenvalue weighted by atomic mass is 9.95. The third kappa shape index (κ3) is 5.80. The van der Waals surface area contributed by atoms with E-state index in [-0.39, 0.29) is 11.3 Å². The second kappa shape index (κ2) is 12.0. The van der Waals surface area contributed by atoms with Gasteiger partial charge in [-0.05, 0) is 61.7 Å². The number of rotatable bonds is 11. The number of Topliss-reactive ketones (excluding diaryl/α,β-unsaturated/α-hetero) is 1. The zero-order valence-corrected chi connectivity index (χ0v) is 21.6. The fourth-order valence-corrected chi connectivity index (χ4v) is 4.48. The molecule has 1 fully saturated rings. The molecule has 1 aliphatic heterocycles. The first-order valence-electron chi connectivity index (χ1n) is 12.3. The molecule has 1 aliphatic rings. The first-order chi connectivity index (χ1) is 17.9. The number of aliphatic hydroxyl groups is 1. The van der Waals surface area contributed by atoms with E-state index in [1.165, 1.54) is 4.90 Å². The maximum Gasteiger partial charge on any atom is 0.295 e. The molecule has 0 aliphatic carbocycles. The van der Waals surface area contributed by atoms with Crippen molar-refractivity contribution in [2.75, 3.05) is 19.8 Å². The number of nitrogens with zero attached hydrogens (tertiary/aromatic N) is 3. The van der Waals surface area contributed by atoms with Crippen LogP contribution in [0.2, 0.25) is 5.02 Å². The number of aliphatic hydroxyl groups excluding tert-OH is 1. The highest BCUT2D eigenvalue weighted by Crippen LogP contribution is 2.42. The Balaban J connectivity index is 1.76. The lowest BCUT2D eigenvalue weighted by Gasteiger charge is -2.26. The zero-order chi connectivity index (χ0) is 26.4. The van der Waals surface area contributed by atoms with Gasteiger partial charge in [0.15, 0.2) is 11.5 Å². The van der Waals surface area contributed by atoms with Crippen molar-refractivity contribution in [3.05, 3.63) is 82.9 Å². The van der Waals surface area contributed by atoms with Crippen molar-refractivity contribution in [1.29, 1.82) is 0 Å². The molecule has 1 unspecified atom stereocenters. The number of amides is 1. The Morgan fingerprint density at radius 1 is 1.05 bits per heavy atom. The summed E-state index contributed by atoms with van der Waals surface area (Å²) in [5, 5.41) is 11.7. The topological polar surface area (TPSA) is 93.9 Å². The number of aromatic nitrogens is 2. The number of ketones is 1. The number of imidazole rings is 1. The highest BCUT2D eigenvalue weighted by atomic mass is 35.5. The van der Waals surface area contributed by atoms with Crippen molar-refractivity contribution in [3.63, 3.8) is 0 Å². The van der Waals surface area contributed by atoms with Gasteiger partial charge in [0.05, 0.1) is 31.2 Å². The molecule has 9 heteroatoms. The highest BCUT2D eigenvalue weighted by Gasteiger charge is 2.46. The van der Waals surface area contributed by atoms with Gasteiger partial charge in [0.1, 0.15) is 5.76 Å². The van der Waals surface area contributed by atoms with Crippen LogP contribution in [-0.2, 0) is 16.1 Å². The minimum atomic E-state index is -0.794. The molecule has 0 spiro atoms. The number of carbonyl (C=O) groups is 2. The maximum atomic E-state index is 13.3. The summed E-state index contributed by atoms with van der Waals surface area (Å²) in [5.41, 5.74) is 1.07. The summed E-state index contributed by atoms with van der Waals surface area (Å²) in [6.07, 6.45) is 6.67. The molecule has 1 aromatic heterocycles. The quantitative estimate of drug-likeness (QED) is 0.210. The van der Waals surface area contributed by atoms with E-state index in [9.17, 15) is 14.7 Å². The Morgan fingerprint density at radius 2 is 1.84 bits per heavy atom. The minimum Gasteiger partial charge on any atom is -0.507 e. The van der Waals surface area contributed by atoms with E-state index in [0.717, 1.165) is 6.42 Å². The SMILES string of the molecule is CCCOc1ccc(C2C(=C(O)c3ccc(Cl)cc3)C(=O)C(=O)N2CCCn2ccnc2)cc1OCC. The van der Waals surface area contributed by atoms with Crippen molar-refractivity contribution < 1.29 is 24.2 Å². The molecule has 1 saturated heterocycles. The summed E-state index contributed by atoms with van der Waals surface area (Å²) in [6.45, 7) is 5.77. The summed E-state index contributed by atoms with van der Waals surface area (Å²) in [7, 11) is 0. The van der Waals surface area contributed by atoms with E-state index in [2.05, 4.69) is 4.98 Å². The molecule has 1 amide bonds. The van der Waals surface area contributed by atoms with Gasteiger partial charge in [0.2, 0.25) is 0 Å². The number of hydrogen-bond donors (Lipinski definition) is 1. The van der Waals surface area contributed by atoms with Crippen LogP contribution in [-0.4, -0.2) is 51.0 Å². The largest absolute Gasteiger partial charge is 0.507 e. The van der Waals surface area contributed by atoms with E-state index in [4.69, 9.17) is 21.1 Å². The van der Waals surface area contributed by atoms with E-state index < -0.39 is 17.7 Å². The molecule has 1 N–H and O–H groups in total. The summed E-state index contributed by atoms with van der Waals surface area (Å²) >= 11 is 6.01. The average Bonchev–Trinajstić information content (AvgIpc) is 3.50. The molecule has 37 heavy (non-hydrogen) atoms. The van der Waals surface area contributed by atoms with Gasteiger partial charge in [-0.1, -0.05) is 24.6 Å². The van der Waals surface area contributed by atoms with Gasteiger partial charge < -0.3 is 24.0 Å². The third-order valence-electron chi connectivity index (χ3n) is 6.08. The average molecular weight is 524 g/mol. The fraction of sp³-hybridized carbons (Fsp3) is 0.321. The normalized spacial score (nSPS) is 16.8. The first-order valence-corrected chi connectivity index (χ1v) is 12.7. The summed E-state index contributed by atoms with van der Waals surface area (Å²) in [6, 6.07) is 11.1. The van der Waals surface area contributed by atoms with Crippen LogP contribution in [0.4, 0.5) is 0 Å². The van der Waals surface area contributed by atoms with Gasteiger partial charge >= 0.3 is 0 Å². The van der Waals surface area contributed by atoms with E-state index in [1.807, 2.05) is 30.7 Å². The lowest BCUT2D eigenvalue weighted by molar-refractivity contribution is -0.139. The van der Waals surface area contributed by atoms with E-state index in [0.29, 0.717) is 60.4 Å². The number of halogens is 1. The summed E-state index contributed by atoms with van der Waals surface area (Å²) in [4.78, 5) is 32.1. The molecule has 0 bridgehead atoms. The van der Waals surface area contributed by atoms with Crippen molar-refractivity contribution in [1.82, 2.24) is 14.5 Å². The molecule has 3 aromatic rings. The summed E-state index contributed by atoms with van der Waals surface area (Å²) in [5.74, 6) is -0.535. The number of hydrogen-bond acceptors (Lipinski definition) is 6. The Kier molecular flexibility index (Phi) is 8.50. The Bertz CT molecular complexity index is 1270. The van der Waals surface area contributed by atoms with Gasteiger partial charge in [-0.3, -0.25) is 9.59 Å². The zero-order valence-electron chi connectivity index (χ0n) is 20.9. The smallest absolute Gasteiger partial charge is 0.295 e. The Morgan fingerprint density at radius 3 is 2.51 bits per heavy atom. The van der Waals surface area contributed by atoms with Crippen LogP contribution in [0.5, 0.6) is 11.5 Å². The number of likely N-dealkylation sites (tertiary alicyclic amines) is 1. The van der Waals surface area contributed by atoms with Crippen LogP contribution in [0.3, 0.4) is 0 Å². The second-order valence-corrected chi connectivity index (χ2v) is 9.08. The van der Waals surface area contributed by atoms with Crippen molar-refractivity contribution in [2.45, 2.75) is 39.3 Å². The van der Waals surface area contributed by atoms with Crippen molar-refractivity contribution >= 4 is 29.1 Å². The second-order valence-electron chi connectivity index (χ2n) is 8.64. The van der Waals surface area contributed by atoms with Crippen LogP contribution in [0.1, 0.15) is 43.9 Å². The number of aryl methyl sites for hydroxylation is 1. The first kappa shape index (κ1) is 26.3. The van der Waals surface area contributed by atoms with Gasteiger partial charge in [-0.2, -0.15) is 0 Å². The molecule has 0 saturated carbocycles. The molecule has 8 nitrogen and oxygen atoms in total. The van der Waals surface area contributed by atoms with Crippen LogP contribution < -0.4 is 9.47 Å². The minimum absolute atomic E-state index is 0.0274. The van der Waals surface area contributed by atoms with Gasteiger partial charge in [-0.15, -0.1) is 0 Å². The Labute approximate surface area is 221 Å². The van der Waals surface area contributed by atoms with Crippen LogP contribution >= 0.6 is 11.6 Å². The number of benzene rings is 2. The summed E-state index contributed by atoms with van der Waals surface area (Å²) < 4.78 is 13.6.